The lowest BCUT2D eigenvalue weighted by molar-refractivity contribution is -0.119. The van der Waals surface area contributed by atoms with E-state index in [9.17, 15) is 13.2 Å². The summed E-state index contributed by atoms with van der Waals surface area (Å²) in [5, 5.41) is 4.61. The van der Waals surface area contributed by atoms with E-state index in [1.54, 1.807) is 54.6 Å². The molecule has 0 aliphatic heterocycles. The molecule has 0 spiro atoms. The van der Waals surface area contributed by atoms with Gasteiger partial charge in [0.1, 0.15) is 13.2 Å². The van der Waals surface area contributed by atoms with E-state index < -0.39 is 22.5 Å². The van der Waals surface area contributed by atoms with Crippen LogP contribution < -0.4 is 19.2 Å². The number of nitrogens with zero attached hydrogens (tertiary/aromatic N) is 2. The number of nitrogens with one attached hydrogen (secondary N) is 1. The number of anilines is 1. The molecule has 1 N–H and O–H groups in total. The number of sulfonamides is 1. The second-order valence-electron chi connectivity index (χ2n) is 7.60. The summed E-state index contributed by atoms with van der Waals surface area (Å²) in [5.41, 5.74) is 4.34. The van der Waals surface area contributed by atoms with E-state index in [0.717, 1.165) is 16.1 Å². The molecule has 0 saturated carbocycles. The Hall–Kier alpha value is -3.08. The average Bonchev–Trinajstić information content (AvgIpc) is 2.82. The highest BCUT2D eigenvalue weighted by Gasteiger charge is 2.20. The Morgan fingerprint density at radius 3 is 2.50 bits per heavy atom. The molecule has 0 fully saturated rings. The molecular weight excluding hydrogens is 570 g/mol. The predicted octanol–water partition coefficient (Wildman–Crippen LogP) is 5.00. The van der Waals surface area contributed by atoms with Crippen molar-refractivity contribution >= 4 is 55.4 Å². The summed E-state index contributed by atoms with van der Waals surface area (Å²) in [6.45, 7) is 2.22. The lowest BCUT2D eigenvalue weighted by Gasteiger charge is -2.21. The molecule has 8 nitrogen and oxygen atoms in total. The Labute approximate surface area is 224 Å². The minimum Gasteiger partial charge on any atom is -0.490 e. The Bertz CT molecular complexity index is 1330. The molecule has 190 valence electrons. The molecule has 11 heteroatoms. The highest BCUT2D eigenvalue weighted by molar-refractivity contribution is 9.10. The van der Waals surface area contributed by atoms with Crippen molar-refractivity contribution in [3.05, 3.63) is 87.4 Å². The van der Waals surface area contributed by atoms with E-state index in [-0.39, 0.29) is 0 Å². The van der Waals surface area contributed by atoms with Gasteiger partial charge in [-0.15, -0.1) is 0 Å². The summed E-state index contributed by atoms with van der Waals surface area (Å²) in [7, 11) is -3.69. The topological polar surface area (TPSA) is 97.3 Å². The van der Waals surface area contributed by atoms with Crippen molar-refractivity contribution < 1.29 is 22.7 Å². The fourth-order valence-corrected chi connectivity index (χ4v) is 4.47. The zero-order valence-electron chi connectivity index (χ0n) is 19.6. The van der Waals surface area contributed by atoms with Crippen LogP contribution in [-0.4, -0.2) is 39.9 Å². The van der Waals surface area contributed by atoms with Crippen LogP contribution in [0.25, 0.3) is 0 Å². The summed E-state index contributed by atoms with van der Waals surface area (Å²) in [6, 6.07) is 19.3. The quantitative estimate of drug-likeness (QED) is 0.249. The van der Waals surface area contributed by atoms with Crippen molar-refractivity contribution in [3.8, 4) is 11.5 Å². The van der Waals surface area contributed by atoms with Crippen molar-refractivity contribution in [2.75, 3.05) is 23.7 Å². The molecule has 0 aromatic heterocycles. The van der Waals surface area contributed by atoms with Crippen LogP contribution >= 0.6 is 27.5 Å². The molecule has 3 rings (SSSR count). The third kappa shape index (κ3) is 8.25. The zero-order valence-corrected chi connectivity index (χ0v) is 22.8. The van der Waals surface area contributed by atoms with Gasteiger partial charge in [0, 0.05) is 9.50 Å². The van der Waals surface area contributed by atoms with Gasteiger partial charge in [-0.2, -0.15) is 5.10 Å². The lowest BCUT2D eigenvalue weighted by Crippen LogP contribution is -2.39. The van der Waals surface area contributed by atoms with Crippen LogP contribution in [0, 0.1) is 0 Å². The number of hydrazone groups is 1. The maximum atomic E-state index is 12.4. The molecule has 0 unspecified atom stereocenters. The fraction of sp³-hybridized carbons (Fsp3) is 0.200. The van der Waals surface area contributed by atoms with Gasteiger partial charge < -0.3 is 9.47 Å². The predicted molar refractivity (Wildman–Crippen MR) is 145 cm³/mol. The van der Waals surface area contributed by atoms with Gasteiger partial charge in [0.25, 0.3) is 5.91 Å². The van der Waals surface area contributed by atoms with Crippen molar-refractivity contribution in [2.24, 2.45) is 5.10 Å². The van der Waals surface area contributed by atoms with E-state index >= 15 is 0 Å². The summed E-state index contributed by atoms with van der Waals surface area (Å²) in [5.74, 6) is 0.495. The average molecular weight is 595 g/mol. The number of carbonyl (C=O) groups is 1. The van der Waals surface area contributed by atoms with Crippen LogP contribution in [0.2, 0.25) is 5.02 Å². The first-order valence-corrected chi connectivity index (χ1v) is 13.9. The largest absolute Gasteiger partial charge is 0.490 e. The fourth-order valence-electron chi connectivity index (χ4n) is 3.11. The third-order valence-electron chi connectivity index (χ3n) is 4.76. The van der Waals surface area contributed by atoms with Crippen LogP contribution in [0.4, 0.5) is 5.69 Å². The Balaban J connectivity index is 1.65. The Morgan fingerprint density at radius 2 is 1.83 bits per heavy atom. The normalized spacial score (nSPS) is 11.3. The SMILES string of the molecule is CCOc1cc(/C=N\NC(=O)CN(c2cccc(Br)c2)S(C)(=O)=O)ccc1OCc1ccc(Cl)cc1. The molecule has 3 aromatic rings. The lowest BCUT2D eigenvalue weighted by atomic mass is 10.2. The maximum Gasteiger partial charge on any atom is 0.260 e. The first-order valence-electron chi connectivity index (χ1n) is 10.8. The minimum absolute atomic E-state index is 0.343. The van der Waals surface area contributed by atoms with E-state index in [0.29, 0.717) is 45.5 Å². The monoisotopic (exact) mass is 593 g/mol. The van der Waals surface area contributed by atoms with Gasteiger partial charge in [0.05, 0.1) is 24.8 Å². The van der Waals surface area contributed by atoms with Gasteiger partial charge in [-0.1, -0.05) is 45.7 Å². The maximum absolute atomic E-state index is 12.4. The van der Waals surface area contributed by atoms with Gasteiger partial charge in [0.2, 0.25) is 10.0 Å². The number of rotatable bonds is 11. The molecule has 36 heavy (non-hydrogen) atoms. The van der Waals surface area contributed by atoms with Crippen molar-refractivity contribution in [1.82, 2.24) is 5.43 Å². The van der Waals surface area contributed by atoms with Gasteiger partial charge in [-0.25, -0.2) is 13.8 Å². The van der Waals surface area contributed by atoms with Crippen molar-refractivity contribution in [1.29, 1.82) is 0 Å². The van der Waals surface area contributed by atoms with Crippen LogP contribution in [0.15, 0.2) is 76.3 Å². The van der Waals surface area contributed by atoms with Gasteiger partial charge in [-0.3, -0.25) is 9.10 Å². The van der Waals surface area contributed by atoms with E-state index in [2.05, 4.69) is 26.5 Å². The summed E-state index contributed by atoms with van der Waals surface area (Å²) < 4.78 is 37.7. The molecule has 0 bridgehead atoms. The number of carbonyl (C=O) groups excluding carboxylic acids is 1. The van der Waals surface area contributed by atoms with Crippen LogP contribution in [-0.2, 0) is 21.4 Å². The molecule has 0 aliphatic carbocycles. The molecule has 0 saturated heterocycles. The highest BCUT2D eigenvalue weighted by Crippen LogP contribution is 2.29. The Kier molecular flexibility index (Phi) is 9.74. The van der Waals surface area contributed by atoms with Crippen molar-refractivity contribution in [2.45, 2.75) is 13.5 Å². The van der Waals surface area contributed by atoms with E-state index in [4.69, 9.17) is 21.1 Å². The summed E-state index contributed by atoms with van der Waals surface area (Å²) in [6.07, 6.45) is 2.48. The van der Waals surface area contributed by atoms with Crippen LogP contribution in [0.5, 0.6) is 11.5 Å². The first-order chi connectivity index (χ1) is 17.2. The van der Waals surface area contributed by atoms with E-state index in [1.165, 1.54) is 6.21 Å². The smallest absolute Gasteiger partial charge is 0.260 e. The number of benzene rings is 3. The van der Waals surface area contributed by atoms with Crippen molar-refractivity contribution in [3.63, 3.8) is 0 Å². The van der Waals surface area contributed by atoms with E-state index in [1.807, 2.05) is 19.1 Å². The molecule has 0 atom stereocenters. The molecular formula is C25H25BrClN3O5S. The summed E-state index contributed by atoms with van der Waals surface area (Å²) in [4.78, 5) is 12.4. The third-order valence-corrected chi connectivity index (χ3v) is 6.65. The number of hydrogen-bond donors (Lipinski definition) is 1. The van der Waals surface area contributed by atoms with Crippen LogP contribution in [0.1, 0.15) is 18.1 Å². The molecule has 0 heterocycles. The summed E-state index contributed by atoms with van der Waals surface area (Å²) >= 11 is 9.23. The number of hydrogen-bond acceptors (Lipinski definition) is 6. The van der Waals surface area contributed by atoms with Gasteiger partial charge in [-0.05, 0) is 66.6 Å². The molecule has 3 aromatic carbocycles. The highest BCUT2D eigenvalue weighted by atomic mass is 79.9. The van der Waals surface area contributed by atoms with Gasteiger partial charge >= 0.3 is 0 Å². The Morgan fingerprint density at radius 1 is 1.08 bits per heavy atom. The number of ether oxygens (including phenoxy) is 2. The first kappa shape index (κ1) is 27.5. The molecule has 0 aliphatic rings. The standard InChI is InChI=1S/C25H25BrClN3O5S/c1-3-34-24-13-19(9-12-23(24)35-17-18-7-10-21(27)11-8-18)15-28-29-25(31)16-30(36(2,32)33)22-6-4-5-20(26)14-22/h4-15H,3,16-17H2,1-2H3,(H,29,31)/b28-15-. The number of halogens is 2. The second kappa shape index (κ2) is 12.8. The zero-order chi connectivity index (χ0) is 26.1. The van der Waals surface area contributed by atoms with Gasteiger partial charge in [0.15, 0.2) is 11.5 Å². The molecule has 0 radical (unpaired) electrons. The number of amides is 1. The van der Waals surface area contributed by atoms with Crippen LogP contribution in [0.3, 0.4) is 0 Å². The molecule has 1 amide bonds. The minimum atomic E-state index is -3.69. The second-order valence-corrected chi connectivity index (χ2v) is 10.9.